The third kappa shape index (κ3) is 10.4. The van der Waals surface area contributed by atoms with Gasteiger partial charge < -0.3 is 4.12 Å². The van der Waals surface area contributed by atoms with Crippen LogP contribution in [0.2, 0.25) is 25.7 Å². The first-order valence-electron chi connectivity index (χ1n) is 4.70. The Morgan fingerprint density at radius 2 is 1.82 bits per heavy atom. The standard InChI is InChI=1S/C8H22OSi2/c1-5-6-7-8-10-9-11(2,3)4/h5-8,10H2,1-4H3. The topological polar surface area (TPSA) is 9.23 Å². The highest BCUT2D eigenvalue weighted by molar-refractivity contribution is 6.73. The predicted molar refractivity (Wildman–Crippen MR) is 57.3 cm³/mol. The number of rotatable bonds is 6. The molecule has 0 aromatic heterocycles. The summed E-state index contributed by atoms with van der Waals surface area (Å²) in [5.41, 5.74) is 0. The Hall–Kier alpha value is 0.394. The van der Waals surface area contributed by atoms with Crippen molar-refractivity contribution >= 4 is 18.1 Å². The maximum Gasteiger partial charge on any atom is 0.169 e. The van der Waals surface area contributed by atoms with E-state index in [1.165, 1.54) is 25.3 Å². The van der Waals surface area contributed by atoms with Crippen LogP contribution in [0.1, 0.15) is 26.2 Å². The van der Waals surface area contributed by atoms with Gasteiger partial charge in [-0.05, 0) is 25.7 Å². The van der Waals surface area contributed by atoms with Crippen LogP contribution in [0.4, 0.5) is 0 Å². The first-order chi connectivity index (χ1) is 5.06. The molecule has 0 aromatic carbocycles. The maximum atomic E-state index is 5.85. The van der Waals surface area contributed by atoms with E-state index >= 15 is 0 Å². The van der Waals surface area contributed by atoms with Gasteiger partial charge in [-0.1, -0.05) is 26.2 Å². The normalized spacial score (nSPS) is 13.1. The van der Waals surface area contributed by atoms with Gasteiger partial charge in [0.1, 0.15) is 9.76 Å². The van der Waals surface area contributed by atoms with Crippen LogP contribution in [0.5, 0.6) is 0 Å². The Balaban J connectivity index is 3.02. The molecular weight excluding hydrogens is 168 g/mol. The highest BCUT2D eigenvalue weighted by atomic mass is 28.4. The zero-order valence-electron chi connectivity index (χ0n) is 8.44. The lowest BCUT2D eigenvalue weighted by Crippen LogP contribution is -2.27. The number of unbranched alkanes of at least 4 members (excludes halogenated alkanes) is 2. The van der Waals surface area contributed by atoms with Gasteiger partial charge in [-0.15, -0.1) is 0 Å². The lowest BCUT2D eigenvalue weighted by Gasteiger charge is -2.16. The molecular formula is C8H22OSi2. The van der Waals surface area contributed by atoms with E-state index in [2.05, 4.69) is 26.6 Å². The molecule has 0 bridgehead atoms. The lowest BCUT2D eigenvalue weighted by atomic mass is 10.3. The summed E-state index contributed by atoms with van der Waals surface area (Å²) in [6, 6.07) is 1.39. The average molecular weight is 190 g/mol. The smallest absolute Gasteiger partial charge is 0.169 e. The van der Waals surface area contributed by atoms with Crippen molar-refractivity contribution < 1.29 is 4.12 Å². The van der Waals surface area contributed by atoms with E-state index in [4.69, 9.17) is 4.12 Å². The van der Waals surface area contributed by atoms with Crippen LogP contribution in [0.25, 0.3) is 0 Å². The third-order valence-electron chi connectivity index (χ3n) is 1.53. The molecule has 0 N–H and O–H groups in total. The highest BCUT2D eigenvalue weighted by Gasteiger charge is 2.12. The van der Waals surface area contributed by atoms with Gasteiger partial charge in [0.25, 0.3) is 0 Å². The second-order valence-electron chi connectivity index (χ2n) is 4.02. The summed E-state index contributed by atoms with van der Waals surface area (Å²) in [4.78, 5) is 0. The van der Waals surface area contributed by atoms with Crippen LogP contribution >= 0.6 is 0 Å². The van der Waals surface area contributed by atoms with Gasteiger partial charge in [0, 0.05) is 0 Å². The van der Waals surface area contributed by atoms with Crippen molar-refractivity contribution in [1.82, 2.24) is 0 Å². The summed E-state index contributed by atoms with van der Waals surface area (Å²) >= 11 is 0. The molecule has 0 amide bonds. The van der Waals surface area contributed by atoms with Crippen LogP contribution < -0.4 is 0 Å². The van der Waals surface area contributed by atoms with Crippen molar-refractivity contribution in [2.75, 3.05) is 0 Å². The average Bonchev–Trinajstić information content (AvgIpc) is 1.85. The third-order valence-corrected chi connectivity index (χ3v) is 6.60. The molecule has 0 saturated carbocycles. The SMILES string of the molecule is CCCCC[SiH2]O[Si](C)(C)C. The van der Waals surface area contributed by atoms with Gasteiger partial charge in [0.15, 0.2) is 8.32 Å². The van der Waals surface area contributed by atoms with E-state index in [1.54, 1.807) is 0 Å². The van der Waals surface area contributed by atoms with Crippen molar-refractivity contribution in [3.8, 4) is 0 Å². The summed E-state index contributed by atoms with van der Waals surface area (Å²) in [5, 5.41) is 0. The van der Waals surface area contributed by atoms with Crippen molar-refractivity contribution in [3.63, 3.8) is 0 Å². The Bertz CT molecular complexity index is 88.6. The minimum Gasteiger partial charge on any atom is -0.461 e. The molecule has 0 fully saturated rings. The van der Waals surface area contributed by atoms with E-state index in [9.17, 15) is 0 Å². The second kappa shape index (κ2) is 5.97. The molecule has 11 heavy (non-hydrogen) atoms. The number of hydrogen-bond donors (Lipinski definition) is 0. The van der Waals surface area contributed by atoms with Gasteiger partial charge in [0.05, 0.1) is 0 Å². The summed E-state index contributed by atoms with van der Waals surface area (Å²) in [6.45, 7) is 9.08. The Morgan fingerprint density at radius 3 is 2.27 bits per heavy atom. The second-order valence-corrected chi connectivity index (χ2v) is 10.5. The van der Waals surface area contributed by atoms with Crippen molar-refractivity contribution in [2.24, 2.45) is 0 Å². The maximum absolute atomic E-state index is 5.85. The first kappa shape index (κ1) is 11.4. The van der Waals surface area contributed by atoms with E-state index < -0.39 is 8.32 Å². The minimum atomic E-state index is -1.16. The van der Waals surface area contributed by atoms with Crippen LogP contribution in [0, 0.1) is 0 Å². The van der Waals surface area contributed by atoms with Gasteiger partial charge in [-0.3, -0.25) is 0 Å². The van der Waals surface area contributed by atoms with Crippen LogP contribution in [0.3, 0.4) is 0 Å². The number of hydrogen-bond acceptors (Lipinski definition) is 1. The van der Waals surface area contributed by atoms with E-state index in [0.717, 1.165) is 0 Å². The Morgan fingerprint density at radius 1 is 1.18 bits per heavy atom. The molecule has 0 atom stereocenters. The largest absolute Gasteiger partial charge is 0.461 e. The Kier molecular flexibility index (Phi) is 6.18. The van der Waals surface area contributed by atoms with Crippen LogP contribution in [-0.2, 0) is 4.12 Å². The molecule has 0 rings (SSSR count). The van der Waals surface area contributed by atoms with Gasteiger partial charge in [0.2, 0.25) is 0 Å². The molecule has 3 heteroatoms. The summed E-state index contributed by atoms with van der Waals surface area (Å²) in [5.74, 6) is 0. The molecule has 0 spiro atoms. The van der Waals surface area contributed by atoms with Crippen molar-refractivity contribution in [3.05, 3.63) is 0 Å². The predicted octanol–water partition coefficient (Wildman–Crippen LogP) is 2.53. The highest BCUT2D eigenvalue weighted by Crippen LogP contribution is 2.04. The summed E-state index contributed by atoms with van der Waals surface area (Å²) < 4.78 is 5.85. The molecule has 68 valence electrons. The Labute approximate surface area is 74.6 Å². The van der Waals surface area contributed by atoms with E-state index in [-0.39, 0.29) is 9.76 Å². The fourth-order valence-corrected chi connectivity index (χ4v) is 4.49. The summed E-state index contributed by atoms with van der Waals surface area (Å²) in [7, 11) is -1.31. The van der Waals surface area contributed by atoms with Gasteiger partial charge >= 0.3 is 0 Å². The minimum absolute atomic E-state index is 0.151. The zero-order valence-corrected chi connectivity index (χ0v) is 10.9. The molecule has 0 aliphatic heterocycles. The van der Waals surface area contributed by atoms with Crippen molar-refractivity contribution in [1.29, 1.82) is 0 Å². The lowest BCUT2D eigenvalue weighted by molar-refractivity contribution is 0.587. The molecule has 0 heterocycles. The quantitative estimate of drug-likeness (QED) is 0.462. The molecule has 0 radical (unpaired) electrons. The zero-order chi connectivity index (χ0) is 8.74. The fraction of sp³-hybridized carbons (Fsp3) is 1.00. The van der Waals surface area contributed by atoms with Crippen molar-refractivity contribution in [2.45, 2.75) is 51.9 Å². The van der Waals surface area contributed by atoms with Gasteiger partial charge in [-0.2, -0.15) is 0 Å². The van der Waals surface area contributed by atoms with E-state index in [1.807, 2.05) is 0 Å². The first-order valence-corrected chi connectivity index (χ1v) is 9.69. The van der Waals surface area contributed by atoms with Gasteiger partial charge in [-0.25, -0.2) is 0 Å². The molecule has 0 unspecified atom stereocenters. The molecule has 0 aliphatic carbocycles. The molecule has 1 nitrogen and oxygen atoms in total. The summed E-state index contributed by atoms with van der Waals surface area (Å²) in [6.07, 6.45) is 4.12. The molecule has 0 aliphatic rings. The van der Waals surface area contributed by atoms with Crippen LogP contribution in [-0.4, -0.2) is 18.1 Å². The monoisotopic (exact) mass is 190 g/mol. The molecule has 0 saturated heterocycles. The van der Waals surface area contributed by atoms with E-state index in [0.29, 0.717) is 0 Å². The fourth-order valence-electron chi connectivity index (χ4n) is 0.907. The molecule has 0 aromatic rings. The van der Waals surface area contributed by atoms with Crippen LogP contribution in [0.15, 0.2) is 0 Å².